The number of sulfonamides is 1. The number of aromatic nitrogens is 2. The molecule has 0 atom stereocenters. The first-order chi connectivity index (χ1) is 17.3. The highest BCUT2D eigenvalue weighted by atomic mass is 32.2. The lowest BCUT2D eigenvalue weighted by atomic mass is 9.96. The Morgan fingerprint density at radius 3 is 2.19 bits per heavy atom. The van der Waals surface area contributed by atoms with Crippen LogP contribution in [0.3, 0.4) is 0 Å². The molecule has 37 heavy (non-hydrogen) atoms. The summed E-state index contributed by atoms with van der Waals surface area (Å²) < 4.78 is 108. The lowest BCUT2D eigenvalue weighted by molar-refractivity contribution is -0.143. The molecule has 0 aliphatic carbocycles. The molecule has 0 saturated heterocycles. The molecule has 0 spiro atoms. The number of anilines is 1. The predicted molar refractivity (Wildman–Crippen MR) is 129 cm³/mol. The number of pyridine rings is 1. The molecule has 0 bridgehead atoms. The third-order valence-electron chi connectivity index (χ3n) is 5.85. The molecule has 3 aromatic heterocycles. The van der Waals surface area contributed by atoms with Crippen LogP contribution >= 0.6 is 11.3 Å². The zero-order chi connectivity index (χ0) is 26.8. The first kappa shape index (κ1) is 25.1. The quantitative estimate of drug-likeness (QED) is 0.237. The van der Waals surface area contributed by atoms with Gasteiger partial charge in [0.1, 0.15) is 9.86 Å². The minimum absolute atomic E-state index is 0.0691. The largest absolute Gasteiger partial charge is 0.416 e. The lowest BCUT2D eigenvalue weighted by Crippen LogP contribution is -2.25. The smallest absolute Gasteiger partial charge is 0.339 e. The number of thiophene rings is 1. The predicted octanol–water partition coefficient (Wildman–Crippen LogP) is 7.31. The van der Waals surface area contributed by atoms with E-state index in [0.29, 0.717) is 23.0 Å². The number of aromatic amines is 1. The van der Waals surface area contributed by atoms with Gasteiger partial charge in [-0.3, -0.25) is 4.31 Å². The van der Waals surface area contributed by atoms with E-state index >= 15 is 0 Å². The first-order valence-corrected chi connectivity index (χ1v) is 12.8. The fourth-order valence-electron chi connectivity index (χ4n) is 4.04. The molecule has 13 heteroatoms. The number of H-pyrrole nitrogens is 1. The molecule has 5 aromatic rings. The van der Waals surface area contributed by atoms with Gasteiger partial charge in [-0.05, 0) is 65.0 Å². The Kier molecular flexibility index (Phi) is 5.75. The van der Waals surface area contributed by atoms with Gasteiger partial charge in [0.15, 0.2) is 0 Å². The number of hydrogen-bond acceptors (Lipinski definition) is 4. The number of fused-ring (bicyclic) bond motifs is 3. The van der Waals surface area contributed by atoms with E-state index in [9.17, 15) is 34.8 Å². The third-order valence-corrected chi connectivity index (χ3v) is 9.01. The van der Waals surface area contributed by atoms with Crippen LogP contribution in [0.5, 0.6) is 0 Å². The van der Waals surface area contributed by atoms with E-state index in [4.69, 9.17) is 0 Å². The van der Waals surface area contributed by atoms with Crippen molar-refractivity contribution in [3.8, 4) is 11.1 Å². The maximum Gasteiger partial charge on any atom is 0.416 e. The molecule has 0 unspecified atom stereocenters. The standard InChI is InChI=1S/C24H15F6N3O2S2/c1-33(37(34,35)20-3-2-8-36-20)16-4-5-19-18(12-16)21-17(6-7-31-22(21)32-19)13-9-14(23(25,26)27)11-15(10-13)24(28,29)30/h2-12H,1H3,(H,31,32). The Hall–Kier alpha value is -3.58. The van der Waals surface area contributed by atoms with Crippen LogP contribution < -0.4 is 4.31 Å². The summed E-state index contributed by atoms with van der Waals surface area (Å²) in [5, 5.41) is 2.26. The van der Waals surface area contributed by atoms with Crippen molar-refractivity contribution in [2.24, 2.45) is 0 Å². The highest BCUT2D eigenvalue weighted by molar-refractivity contribution is 7.94. The molecule has 2 aromatic carbocycles. The number of benzene rings is 2. The van der Waals surface area contributed by atoms with Crippen molar-refractivity contribution < 1.29 is 34.8 Å². The van der Waals surface area contributed by atoms with Gasteiger partial charge in [-0.1, -0.05) is 6.07 Å². The summed E-state index contributed by atoms with van der Waals surface area (Å²) >= 11 is 1.04. The number of halogens is 6. The molecule has 5 rings (SSSR count). The van der Waals surface area contributed by atoms with Crippen LogP contribution in [-0.4, -0.2) is 25.4 Å². The number of alkyl halides is 6. The van der Waals surface area contributed by atoms with Gasteiger partial charge in [0, 0.05) is 29.5 Å². The first-order valence-electron chi connectivity index (χ1n) is 10.5. The van der Waals surface area contributed by atoms with Crippen molar-refractivity contribution in [2.75, 3.05) is 11.4 Å². The molecular weight excluding hydrogens is 540 g/mol. The fourth-order valence-corrected chi connectivity index (χ4v) is 6.38. The highest BCUT2D eigenvalue weighted by Gasteiger charge is 2.37. The van der Waals surface area contributed by atoms with Crippen LogP contribution in [0.2, 0.25) is 0 Å². The van der Waals surface area contributed by atoms with Crippen molar-refractivity contribution in [3.05, 3.63) is 77.3 Å². The van der Waals surface area contributed by atoms with Crippen molar-refractivity contribution in [3.63, 3.8) is 0 Å². The van der Waals surface area contributed by atoms with E-state index in [-0.39, 0.29) is 38.1 Å². The van der Waals surface area contributed by atoms with Gasteiger partial charge in [0.2, 0.25) is 0 Å². The van der Waals surface area contributed by atoms with E-state index in [1.165, 1.54) is 37.5 Å². The summed E-state index contributed by atoms with van der Waals surface area (Å²) in [6.07, 6.45) is -8.74. The summed E-state index contributed by atoms with van der Waals surface area (Å²) in [7, 11) is -2.53. The second kappa shape index (κ2) is 8.48. The Labute approximate surface area is 210 Å². The summed E-state index contributed by atoms with van der Waals surface area (Å²) in [5.41, 5.74) is -2.16. The molecule has 192 valence electrons. The molecule has 3 heterocycles. The van der Waals surface area contributed by atoms with E-state index in [1.54, 1.807) is 17.5 Å². The van der Waals surface area contributed by atoms with Crippen molar-refractivity contribution >= 4 is 49.0 Å². The Bertz CT molecular complexity index is 1710. The molecule has 1 N–H and O–H groups in total. The van der Waals surface area contributed by atoms with Gasteiger partial charge in [-0.15, -0.1) is 11.3 Å². The second-order valence-electron chi connectivity index (χ2n) is 8.14. The molecular formula is C24H15F6N3O2S2. The third kappa shape index (κ3) is 4.42. The van der Waals surface area contributed by atoms with Gasteiger partial charge >= 0.3 is 12.4 Å². The van der Waals surface area contributed by atoms with E-state index in [0.717, 1.165) is 15.6 Å². The van der Waals surface area contributed by atoms with Gasteiger partial charge in [-0.25, -0.2) is 13.4 Å². The molecule has 0 fully saturated rings. The lowest BCUT2D eigenvalue weighted by Gasteiger charge is -2.18. The summed E-state index contributed by atoms with van der Waals surface area (Å²) in [5.74, 6) is 0. The maximum absolute atomic E-state index is 13.5. The van der Waals surface area contributed by atoms with Crippen molar-refractivity contribution in [1.82, 2.24) is 9.97 Å². The van der Waals surface area contributed by atoms with Crippen LogP contribution in [0.4, 0.5) is 32.0 Å². The second-order valence-corrected chi connectivity index (χ2v) is 11.3. The summed E-state index contributed by atoms with van der Waals surface area (Å²) in [4.78, 5) is 7.17. The Morgan fingerprint density at radius 2 is 1.59 bits per heavy atom. The minimum atomic E-state index is -5.01. The average Bonchev–Trinajstić information content (AvgIpc) is 3.50. The number of nitrogens with one attached hydrogen (secondary N) is 1. The molecule has 0 aliphatic heterocycles. The Morgan fingerprint density at radius 1 is 0.919 bits per heavy atom. The van der Waals surface area contributed by atoms with Crippen LogP contribution in [0.1, 0.15) is 11.1 Å². The normalized spacial score (nSPS) is 12.9. The fraction of sp³-hybridized carbons (Fsp3) is 0.125. The molecule has 0 aliphatic rings. The monoisotopic (exact) mass is 555 g/mol. The van der Waals surface area contributed by atoms with Crippen molar-refractivity contribution in [2.45, 2.75) is 16.6 Å². The van der Waals surface area contributed by atoms with E-state index in [2.05, 4.69) is 9.97 Å². The van der Waals surface area contributed by atoms with Crippen LogP contribution in [-0.2, 0) is 22.4 Å². The molecule has 0 saturated carbocycles. The van der Waals surface area contributed by atoms with Crippen LogP contribution in [0, 0.1) is 0 Å². The summed E-state index contributed by atoms with van der Waals surface area (Å²) in [6.45, 7) is 0. The Balaban J connectivity index is 1.74. The van der Waals surface area contributed by atoms with E-state index < -0.39 is 33.5 Å². The van der Waals surface area contributed by atoms with Gasteiger partial charge in [-0.2, -0.15) is 26.3 Å². The molecule has 0 amide bonds. The number of hydrogen-bond donors (Lipinski definition) is 1. The van der Waals surface area contributed by atoms with Gasteiger partial charge in [0.25, 0.3) is 10.0 Å². The maximum atomic E-state index is 13.5. The molecule has 0 radical (unpaired) electrons. The zero-order valence-corrected chi connectivity index (χ0v) is 20.3. The number of nitrogens with zero attached hydrogens (tertiary/aromatic N) is 2. The summed E-state index contributed by atoms with van der Waals surface area (Å²) in [6, 6.07) is 10.4. The van der Waals surface area contributed by atoms with Crippen molar-refractivity contribution in [1.29, 1.82) is 0 Å². The SMILES string of the molecule is CN(c1ccc2[nH]c3nccc(-c4cc(C(F)(F)F)cc(C(F)(F)F)c4)c3c2c1)S(=O)(=O)c1cccs1. The minimum Gasteiger partial charge on any atom is -0.339 e. The van der Waals surface area contributed by atoms with Gasteiger partial charge < -0.3 is 4.98 Å². The zero-order valence-electron chi connectivity index (χ0n) is 18.6. The molecule has 5 nitrogen and oxygen atoms in total. The highest BCUT2D eigenvalue weighted by Crippen LogP contribution is 2.41. The topological polar surface area (TPSA) is 66.1 Å². The van der Waals surface area contributed by atoms with Gasteiger partial charge in [0.05, 0.1) is 16.8 Å². The van der Waals surface area contributed by atoms with E-state index in [1.807, 2.05) is 0 Å². The van der Waals surface area contributed by atoms with Crippen LogP contribution in [0.25, 0.3) is 33.1 Å². The number of rotatable bonds is 4. The van der Waals surface area contributed by atoms with Crippen LogP contribution in [0.15, 0.2) is 70.4 Å². The average molecular weight is 556 g/mol.